The standard InChI is InChI=1S/C70H136O6/c1-4-7-10-13-16-18-20-22-24-26-28-30-31-32-33-34-35-36-37-38-39-41-42-44-46-48-50-52-54-57-60-63-69(72)75-66-67(65-74-68(71)62-59-56-15-12-9-6-3)76-70(73)64-61-58-55-53-51-49-47-45-43-40-29-27-25-23-21-19-17-14-11-8-5-2/h67H,4-66H2,1-3H3. The van der Waals surface area contributed by atoms with Crippen molar-refractivity contribution in [3.63, 3.8) is 0 Å². The van der Waals surface area contributed by atoms with Gasteiger partial charge in [-0.05, 0) is 19.3 Å². The second-order valence-electron chi connectivity index (χ2n) is 24.2. The Labute approximate surface area is 476 Å². The number of rotatable bonds is 66. The number of hydrogen-bond acceptors (Lipinski definition) is 6. The van der Waals surface area contributed by atoms with E-state index in [1.165, 1.54) is 315 Å². The topological polar surface area (TPSA) is 78.9 Å². The molecule has 0 saturated carbocycles. The third kappa shape index (κ3) is 63.2. The van der Waals surface area contributed by atoms with Crippen LogP contribution in [0.15, 0.2) is 0 Å². The third-order valence-corrected chi connectivity index (χ3v) is 16.4. The molecule has 76 heavy (non-hydrogen) atoms. The smallest absolute Gasteiger partial charge is 0.306 e. The molecule has 0 spiro atoms. The SMILES string of the molecule is CCCCCCCCCCCCCCCCCCCCCCCCCCCCCCCCCC(=O)OCC(COC(=O)CCCCCCCC)OC(=O)CCCCCCCCCCCCCCCCCCCCCCC. The summed E-state index contributed by atoms with van der Waals surface area (Å²) in [7, 11) is 0. The Morgan fingerprint density at radius 1 is 0.211 bits per heavy atom. The zero-order valence-corrected chi connectivity index (χ0v) is 52.1. The quantitative estimate of drug-likeness (QED) is 0.0343. The number of esters is 3. The van der Waals surface area contributed by atoms with Gasteiger partial charge in [0, 0.05) is 19.3 Å². The van der Waals surface area contributed by atoms with Gasteiger partial charge in [-0.2, -0.15) is 0 Å². The van der Waals surface area contributed by atoms with Crippen molar-refractivity contribution in [2.24, 2.45) is 0 Å². The van der Waals surface area contributed by atoms with Gasteiger partial charge in [0.15, 0.2) is 6.10 Å². The molecule has 0 fully saturated rings. The molecule has 0 aromatic carbocycles. The average Bonchev–Trinajstić information content (AvgIpc) is 3.42. The summed E-state index contributed by atoms with van der Waals surface area (Å²) in [6, 6.07) is 0. The molecule has 0 aliphatic heterocycles. The van der Waals surface area contributed by atoms with Crippen LogP contribution in [0.3, 0.4) is 0 Å². The molecule has 0 amide bonds. The van der Waals surface area contributed by atoms with E-state index in [9.17, 15) is 14.4 Å². The minimum atomic E-state index is -0.761. The Morgan fingerprint density at radius 2 is 0.355 bits per heavy atom. The summed E-state index contributed by atoms with van der Waals surface area (Å²) < 4.78 is 16.9. The highest BCUT2D eigenvalue weighted by Gasteiger charge is 2.19. The first-order valence-corrected chi connectivity index (χ1v) is 35.0. The lowest BCUT2D eigenvalue weighted by atomic mass is 10.0. The monoisotopic (exact) mass is 1070 g/mol. The Kier molecular flexibility index (Phi) is 64.5. The van der Waals surface area contributed by atoms with E-state index in [0.29, 0.717) is 19.3 Å². The second-order valence-corrected chi connectivity index (χ2v) is 24.2. The molecule has 6 nitrogen and oxygen atoms in total. The lowest BCUT2D eigenvalue weighted by molar-refractivity contribution is -0.167. The van der Waals surface area contributed by atoms with Crippen LogP contribution in [0.5, 0.6) is 0 Å². The molecule has 0 aliphatic carbocycles. The van der Waals surface area contributed by atoms with Crippen molar-refractivity contribution < 1.29 is 28.6 Å². The van der Waals surface area contributed by atoms with Crippen LogP contribution in [0, 0.1) is 0 Å². The maximum absolute atomic E-state index is 12.9. The zero-order chi connectivity index (χ0) is 55.0. The Balaban J connectivity index is 3.91. The van der Waals surface area contributed by atoms with Crippen LogP contribution < -0.4 is 0 Å². The van der Waals surface area contributed by atoms with Crippen LogP contribution in [0.25, 0.3) is 0 Å². The number of ether oxygens (including phenoxy) is 3. The minimum Gasteiger partial charge on any atom is -0.462 e. The van der Waals surface area contributed by atoms with E-state index >= 15 is 0 Å². The molecule has 0 rings (SSSR count). The van der Waals surface area contributed by atoms with Crippen molar-refractivity contribution in [2.45, 2.75) is 419 Å². The summed E-state index contributed by atoms with van der Waals surface area (Å²) in [5.74, 6) is -0.838. The minimum absolute atomic E-state index is 0.0617. The predicted molar refractivity (Wildman–Crippen MR) is 330 cm³/mol. The molecule has 0 aliphatic rings. The molecule has 1 atom stereocenters. The fourth-order valence-electron chi connectivity index (χ4n) is 11.1. The van der Waals surface area contributed by atoms with Crippen molar-refractivity contribution >= 4 is 17.9 Å². The fourth-order valence-corrected chi connectivity index (χ4v) is 11.1. The zero-order valence-electron chi connectivity index (χ0n) is 52.1. The maximum atomic E-state index is 12.9. The summed E-state index contributed by atoms with van der Waals surface area (Å²) in [6.45, 7) is 6.67. The molecule has 452 valence electrons. The van der Waals surface area contributed by atoms with E-state index in [4.69, 9.17) is 14.2 Å². The summed E-state index contributed by atoms with van der Waals surface area (Å²) in [5.41, 5.74) is 0. The van der Waals surface area contributed by atoms with E-state index in [1.807, 2.05) is 0 Å². The number of carbonyl (C=O) groups is 3. The van der Waals surface area contributed by atoms with Crippen molar-refractivity contribution in [3.8, 4) is 0 Å². The molecule has 0 N–H and O–H groups in total. The van der Waals surface area contributed by atoms with E-state index in [2.05, 4.69) is 20.8 Å². The molecule has 0 radical (unpaired) electrons. The van der Waals surface area contributed by atoms with Crippen LogP contribution in [0.2, 0.25) is 0 Å². The van der Waals surface area contributed by atoms with Gasteiger partial charge in [-0.15, -0.1) is 0 Å². The Hall–Kier alpha value is -1.59. The van der Waals surface area contributed by atoms with E-state index in [1.54, 1.807) is 0 Å². The highest BCUT2D eigenvalue weighted by Crippen LogP contribution is 2.19. The summed E-state index contributed by atoms with van der Waals surface area (Å²) >= 11 is 0. The first-order chi connectivity index (χ1) is 37.5. The van der Waals surface area contributed by atoms with E-state index in [-0.39, 0.29) is 31.1 Å². The van der Waals surface area contributed by atoms with Gasteiger partial charge in [0.25, 0.3) is 0 Å². The molecule has 6 heteroatoms. The fraction of sp³-hybridized carbons (Fsp3) is 0.957. The van der Waals surface area contributed by atoms with E-state index in [0.717, 1.165) is 57.8 Å². The predicted octanol–water partition coefficient (Wildman–Crippen LogP) is 23.8. The highest BCUT2D eigenvalue weighted by atomic mass is 16.6. The molecule has 0 aromatic rings. The summed E-state index contributed by atoms with van der Waals surface area (Å²) in [5, 5.41) is 0. The first kappa shape index (κ1) is 74.4. The van der Waals surface area contributed by atoms with Crippen LogP contribution in [-0.4, -0.2) is 37.2 Å². The number of carbonyl (C=O) groups excluding carboxylic acids is 3. The number of unbranched alkanes of at least 4 members (excludes halogenated alkanes) is 55. The molecule has 1 unspecified atom stereocenters. The average molecular weight is 1070 g/mol. The lowest BCUT2D eigenvalue weighted by Gasteiger charge is -2.18. The van der Waals surface area contributed by atoms with Gasteiger partial charge < -0.3 is 14.2 Å². The number of hydrogen-bond donors (Lipinski definition) is 0. The molecular formula is C70H136O6. The van der Waals surface area contributed by atoms with Gasteiger partial charge in [0.05, 0.1) is 0 Å². The Morgan fingerprint density at radius 3 is 0.526 bits per heavy atom. The molecule has 0 aromatic heterocycles. The van der Waals surface area contributed by atoms with Crippen molar-refractivity contribution in [2.75, 3.05) is 13.2 Å². The van der Waals surface area contributed by atoms with Gasteiger partial charge in [-0.3, -0.25) is 14.4 Å². The molecule has 0 saturated heterocycles. The largest absolute Gasteiger partial charge is 0.462 e. The van der Waals surface area contributed by atoms with E-state index < -0.39 is 6.10 Å². The van der Waals surface area contributed by atoms with Gasteiger partial charge >= 0.3 is 17.9 Å². The van der Waals surface area contributed by atoms with Gasteiger partial charge in [-0.1, -0.05) is 374 Å². The maximum Gasteiger partial charge on any atom is 0.306 e. The van der Waals surface area contributed by atoms with Crippen LogP contribution in [0.4, 0.5) is 0 Å². The third-order valence-electron chi connectivity index (χ3n) is 16.4. The van der Waals surface area contributed by atoms with Gasteiger partial charge in [0.1, 0.15) is 13.2 Å². The highest BCUT2D eigenvalue weighted by molar-refractivity contribution is 5.71. The van der Waals surface area contributed by atoms with Crippen LogP contribution in [0.1, 0.15) is 412 Å². The van der Waals surface area contributed by atoms with Crippen molar-refractivity contribution in [1.29, 1.82) is 0 Å². The molecule has 0 bridgehead atoms. The summed E-state index contributed by atoms with van der Waals surface area (Å²) in [4.78, 5) is 38.1. The first-order valence-electron chi connectivity index (χ1n) is 35.0. The van der Waals surface area contributed by atoms with Crippen LogP contribution in [-0.2, 0) is 28.6 Å². The van der Waals surface area contributed by atoms with Crippen molar-refractivity contribution in [1.82, 2.24) is 0 Å². The summed E-state index contributed by atoms with van der Waals surface area (Å²) in [6.07, 6.45) is 77.6. The normalized spacial score (nSPS) is 11.9. The molecule has 0 heterocycles. The second kappa shape index (κ2) is 65.9. The van der Waals surface area contributed by atoms with Gasteiger partial charge in [0.2, 0.25) is 0 Å². The lowest BCUT2D eigenvalue weighted by Crippen LogP contribution is -2.30. The van der Waals surface area contributed by atoms with Gasteiger partial charge in [-0.25, -0.2) is 0 Å². The van der Waals surface area contributed by atoms with Crippen molar-refractivity contribution in [3.05, 3.63) is 0 Å². The Bertz CT molecular complexity index is 1140. The van der Waals surface area contributed by atoms with Crippen LogP contribution >= 0.6 is 0 Å². The molecular weight excluding hydrogens is 937 g/mol.